The van der Waals surface area contributed by atoms with Crippen molar-refractivity contribution in [3.8, 4) is 0 Å². The van der Waals surface area contributed by atoms with Crippen LogP contribution in [-0.4, -0.2) is 29.2 Å². The van der Waals surface area contributed by atoms with Gasteiger partial charge in [0.1, 0.15) is 0 Å². The third-order valence-electron chi connectivity index (χ3n) is 2.82. The Morgan fingerprint density at radius 1 is 1.25 bits per heavy atom. The Labute approximate surface area is 94.9 Å². The van der Waals surface area contributed by atoms with E-state index in [-0.39, 0.29) is 0 Å². The van der Waals surface area contributed by atoms with Gasteiger partial charge in [0.15, 0.2) is 0 Å². The molecular weight excluding hydrogens is 204 g/mol. The number of nitrogens with one attached hydrogen (secondary N) is 1. The molecule has 1 saturated heterocycles. The SMILES string of the molecule is O=C(O)NCc1ccc(CN2CCC2)cc1. The third-order valence-corrected chi connectivity index (χ3v) is 2.82. The van der Waals surface area contributed by atoms with Crippen molar-refractivity contribution in [1.82, 2.24) is 10.2 Å². The lowest BCUT2D eigenvalue weighted by Gasteiger charge is -2.30. The topological polar surface area (TPSA) is 52.6 Å². The molecular formula is C12H16N2O2. The van der Waals surface area contributed by atoms with Crippen LogP contribution >= 0.6 is 0 Å². The molecule has 1 aromatic rings. The van der Waals surface area contributed by atoms with Crippen LogP contribution in [0.5, 0.6) is 0 Å². The molecule has 0 bridgehead atoms. The monoisotopic (exact) mass is 220 g/mol. The summed E-state index contributed by atoms with van der Waals surface area (Å²) in [5.74, 6) is 0. The summed E-state index contributed by atoms with van der Waals surface area (Å²) < 4.78 is 0. The number of carboxylic acid groups (broad SMARTS) is 1. The Hall–Kier alpha value is -1.55. The summed E-state index contributed by atoms with van der Waals surface area (Å²) in [7, 11) is 0. The molecule has 0 aromatic heterocycles. The van der Waals surface area contributed by atoms with Crippen LogP contribution < -0.4 is 5.32 Å². The average Bonchev–Trinajstić information content (AvgIpc) is 2.22. The molecule has 0 radical (unpaired) electrons. The van der Waals surface area contributed by atoms with Crippen molar-refractivity contribution in [2.75, 3.05) is 13.1 Å². The zero-order valence-corrected chi connectivity index (χ0v) is 9.15. The molecule has 0 saturated carbocycles. The van der Waals surface area contributed by atoms with Gasteiger partial charge >= 0.3 is 6.09 Å². The van der Waals surface area contributed by atoms with E-state index >= 15 is 0 Å². The summed E-state index contributed by atoms with van der Waals surface area (Å²) in [6, 6.07) is 8.09. The van der Waals surface area contributed by atoms with Gasteiger partial charge in [-0.2, -0.15) is 0 Å². The number of nitrogens with zero attached hydrogens (tertiary/aromatic N) is 1. The van der Waals surface area contributed by atoms with Crippen molar-refractivity contribution < 1.29 is 9.90 Å². The molecule has 1 aliphatic rings. The zero-order chi connectivity index (χ0) is 11.4. The minimum atomic E-state index is -0.982. The second-order valence-corrected chi connectivity index (χ2v) is 4.10. The Balaban J connectivity index is 1.85. The molecule has 2 rings (SSSR count). The molecule has 0 aliphatic carbocycles. The maximum absolute atomic E-state index is 10.3. The van der Waals surface area contributed by atoms with E-state index in [0.29, 0.717) is 6.54 Å². The third kappa shape index (κ3) is 2.97. The van der Waals surface area contributed by atoms with E-state index in [9.17, 15) is 4.79 Å². The van der Waals surface area contributed by atoms with Crippen molar-refractivity contribution in [2.24, 2.45) is 0 Å². The van der Waals surface area contributed by atoms with Gasteiger partial charge in [0.2, 0.25) is 0 Å². The molecule has 4 heteroatoms. The van der Waals surface area contributed by atoms with Crippen LogP contribution in [0.25, 0.3) is 0 Å². The first kappa shape index (κ1) is 11.0. The fourth-order valence-electron chi connectivity index (χ4n) is 1.74. The first-order valence-corrected chi connectivity index (χ1v) is 5.51. The van der Waals surface area contributed by atoms with E-state index in [2.05, 4.69) is 22.3 Å². The molecule has 1 aliphatic heterocycles. The zero-order valence-electron chi connectivity index (χ0n) is 9.15. The largest absolute Gasteiger partial charge is 0.465 e. The van der Waals surface area contributed by atoms with Crippen LogP contribution in [0.4, 0.5) is 4.79 Å². The molecule has 86 valence electrons. The number of benzene rings is 1. The molecule has 2 N–H and O–H groups in total. The highest BCUT2D eigenvalue weighted by molar-refractivity contribution is 5.64. The number of hydrogen-bond acceptors (Lipinski definition) is 2. The van der Waals surface area contributed by atoms with Crippen molar-refractivity contribution in [3.05, 3.63) is 35.4 Å². The van der Waals surface area contributed by atoms with Crippen LogP contribution in [0.2, 0.25) is 0 Å². The highest BCUT2D eigenvalue weighted by Gasteiger charge is 2.13. The molecule has 16 heavy (non-hydrogen) atoms. The van der Waals surface area contributed by atoms with Crippen molar-refractivity contribution in [3.63, 3.8) is 0 Å². The standard InChI is InChI=1S/C12H16N2O2/c15-12(16)13-8-10-2-4-11(5-3-10)9-14-6-1-7-14/h2-5,13H,1,6-9H2,(H,15,16). The second kappa shape index (κ2) is 4.99. The molecule has 4 nitrogen and oxygen atoms in total. The molecule has 1 fully saturated rings. The van der Waals surface area contributed by atoms with Gasteiger partial charge < -0.3 is 10.4 Å². The number of rotatable bonds is 4. The Kier molecular flexibility index (Phi) is 3.41. The number of hydrogen-bond donors (Lipinski definition) is 2. The van der Waals surface area contributed by atoms with E-state index in [4.69, 9.17) is 5.11 Å². The molecule has 0 unspecified atom stereocenters. The van der Waals surface area contributed by atoms with Crippen molar-refractivity contribution in [1.29, 1.82) is 0 Å². The number of likely N-dealkylation sites (tertiary alicyclic amines) is 1. The predicted molar refractivity (Wildman–Crippen MR) is 61.2 cm³/mol. The predicted octanol–water partition coefficient (Wildman–Crippen LogP) is 1.66. The van der Waals surface area contributed by atoms with E-state index in [1.54, 1.807) is 0 Å². The second-order valence-electron chi connectivity index (χ2n) is 4.10. The van der Waals surface area contributed by atoms with E-state index in [0.717, 1.165) is 12.1 Å². The van der Waals surface area contributed by atoms with Gasteiger partial charge in [-0.1, -0.05) is 24.3 Å². The summed E-state index contributed by atoms with van der Waals surface area (Å²) >= 11 is 0. The van der Waals surface area contributed by atoms with Crippen LogP contribution in [0.15, 0.2) is 24.3 Å². The lowest BCUT2D eigenvalue weighted by molar-refractivity contribution is 0.172. The van der Waals surface area contributed by atoms with Gasteiger partial charge in [0.05, 0.1) is 0 Å². The molecule has 1 aromatic carbocycles. The fraction of sp³-hybridized carbons (Fsp3) is 0.417. The maximum atomic E-state index is 10.3. The van der Waals surface area contributed by atoms with Gasteiger partial charge in [-0.15, -0.1) is 0 Å². The Morgan fingerprint density at radius 2 is 1.88 bits per heavy atom. The van der Waals surface area contributed by atoms with Gasteiger partial charge in [-0.3, -0.25) is 4.90 Å². The minimum Gasteiger partial charge on any atom is -0.465 e. The molecule has 1 amide bonds. The summed E-state index contributed by atoms with van der Waals surface area (Å²) in [5, 5.41) is 10.8. The Bertz CT molecular complexity index is 358. The quantitative estimate of drug-likeness (QED) is 0.811. The van der Waals surface area contributed by atoms with Gasteiger partial charge in [0.25, 0.3) is 0 Å². The molecule has 0 atom stereocenters. The van der Waals surface area contributed by atoms with Gasteiger partial charge in [0, 0.05) is 13.1 Å². The first-order chi connectivity index (χ1) is 7.74. The van der Waals surface area contributed by atoms with Gasteiger partial charge in [-0.25, -0.2) is 4.79 Å². The van der Waals surface area contributed by atoms with Gasteiger partial charge in [-0.05, 0) is 30.6 Å². The van der Waals surface area contributed by atoms with Crippen LogP contribution in [-0.2, 0) is 13.1 Å². The summed E-state index contributed by atoms with van der Waals surface area (Å²) in [5.41, 5.74) is 2.29. The maximum Gasteiger partial charge on any atom is 0.404 e. The summed E-state index contributed by atoms with van der Waals surface area (Å²) in [6.45, 7) is 3.77. The number of amides is 1. The van der Waals surface area contributed by atoms with E-state index in [1.807, 2.05) is 12.1 Å². The lowest BCUT2D eigenvalue weighted by Crippen LogP contribution is -2.36. The highest BCUT2D eigenvalue weighted by atomic mass is 16.4. The van der Waals surface area contributed by atoms with Crippen molar-refractivity contribution >= 4 is 6.09 Å². The summed E-state index contributed by atoms with van der Waals surface area (Å²) in [4.78, 5) is 12.7. The van der Waals surface area contributed by atoms with Crippen molar-refractivity contribution in [2.45, 2.75) is 19.5 Å². The molecule has 1 heterocycles. The first-order valence-electron chi connectivity index (χ1n) is 5.51. The highest BCUT2D eigenvalue weighted by Crippen LogP contribution is 2.12. The Morgan fingerprint density at radius 3 is 2.38 bits per heavy atom. The van der Waals surface area contributed by atoms with Crippen LogP contribution in [0.3, 0.4) is 0 Å². The van der Waals surface area contributed by atoms with Crippen LogP contribution in [0.1, 0.15) is 17.5 Å². The smallest absolute Gasteiger partial charge is 0.404 e. The summed E-state index contributed by atoms with van der Waals surface area (Å²) in [6.07, 6.45) is 0.324. The van der Waals surface area contributed by atoms with E-state index in [1.165, 1.54) is 25.1 Å². The normalized spacial score (nSPS) is 15.5. The lowest BCUT2D eigenvalue weighted by atomic mass is 10.1. The average molecular weight is 220 g/mol. The fourth-order valence-corrected chi connectivity index (χ4v) is 1.74. The minimum absolute atomic E-state index is 0.374. The van der Waals surface area contributed by atoms with Crippen LogP contribution in [0, 0.1) is 0 Å². The molecule has 0 spiro atoms. The van der Waals surface area contributed by atoms with E-state index < -0.39 is 6.09 Å². The number of carbonyl (C=O) groups is 1.